The van der Waals surface area contributed by atoms with Crippen LogP contribution in [0.2, 0.25) is 0 Å². The third-order valence-corrected chi connectivity index (χ3v) is 3.88. The normalized spacial score (nSPS) is 14.4. The first-order valence-corrected chi connectivity index (χ1v) is 7.81. The van der Waals surface area contributed by atoms with Gasteiger partial charge in [-0.05, 0) is 42.5 Å². The molecule has 1 aliphatic carbocycles. The van der Waals surface area contributed by atoms with Crippen molar-refractivity contribution >= 4 is 0 Å². The molecule has 21 heavy (non-hydrogen) atoms. The summed E-state index contributed by atoms with van der Waals surface area (Å²) in [6, 6.07) is 17.4. The second kappa shape index (κ2) is 6.31. The topological polar surface area (TPSA) is 21.3 Å². The molecule has 0 unspecified atom stereocenters. The van der Waals surface area contributed by atoms with Crippen molar-refractivity contribution in [3.63, 3.8) is 0 Å². The smallest absolute Gasteiger partial charge is 0.131 e. The van der Waals surface area contributed by atoms with E-state index in [0.717, 1.165) is 18.0 Å². The summed E-state index contributed by atoms with van der Waals surface area (Å²) in [6.45, 7) is 5.28. The van der Waals surface area contributed by atoms with E-state index >= 15 is 0 Å². The molecule has 2 aromatic rings. The van der Waals surface area contributed by atoms with Crippen LogP contribution in [0.1, 0.15) is 43.7 Å². The van der Waals surface area contributed by atoms with Crippen molar-refractivity contribution in [1.82, 2.24) is 5.32 Å². The monoisotopic (exact) mass is 281 g/mol. The lowest BCUT2D eigenvalue weighted by atomic mass is 10.0. The molecule has 0 aromatic heterocycles. The Morgan fingerprint density at radius 1 is 1.10 bits per heavy atom. The van der Waals surface area contributed by atoms with Gasteiger partial charge in [-0.25, -0.2) is 0 Å². The zero-order chi connectivity index (χ0) is 14.7. The van der Waals surface area contributed by atoms with Crippen LogP contribution in [0.4, 0.5) is 0 Å². The minimum Gasteiger partial charge on any atom is -0.457 e. The molecule has 0 amide bonds. The molecule has 1 N–H and O–H groups in total. The highest BCUT2D eigenvalue weighted by atomic mass is 16.5. The Morgan fingerprint density at radius 2 is 1.90 bits per heavy atom. The van der Waals surface area contributed by atoms with Crippen LogP contribution in [-0.4, -0.2) is 6.04 Å². The van der Waals surface area contributed by atoms with E-state index in [1.54, 1.807) is 0 Å². The van der Waals surface area contributed by atoms with Gasteiger partial charge >= 0.3 is 0 Å². The summed E-state index contributed by atoms with van der Waals surface area (Å²) in [5.74, 6) is 2.38. The fourth-order valence-electron chi connectivity index (χ4n) is 2.36. The summed E-state index contributed by atoms with van der Waals surface area (Å²) in [5.41, 5.74) is 2.53. The first kappa shape index (κ1) is 14.2. The van der Waals surface area contributed by atoms with Crippen molar-refractivity contribution in [1.29, 1.82) is 0 Å². The van der Waals surface area contributed by atoms with E-state index in [2.05, 4.69) is 49.5 Å². The van der Waals surface area contributed by atoms with Crippen molar-refractivity contribution in [2.75, 3.05) is 0 Å². The first-order chi connectivity index (χ1) is 10.2. The van der Waals surface area contributed by atoms with Crippen molar-refractivity contribution in [2.45, 2.75) is 45.2 Å². The molecule has 0 aliphatic heterocycles. The van der Waals surface area contributed by atoms with Crippen LogP contribution in [0, 0.1) is 0 Å². The Balaban J connectivity index is 1.75. The highest BCUT2D eigenvalue weighted by Crippen LogP contribution is 2.28. The van der Waals surface area contributed by atoms with E-state index in [-0.39, 0.29) is 0 Å². The van der Waals surface area contributed by atoms with Crippen LogP contribution in [0.15, 0.2) is 48.5 Å². The maximum absolute atomic E-state index is 6.11. The summed E-state index contributed by atoms with van der Waals surface area (Å²) in [7, 11) is 0. The van der Waals surface area contributed by atoms with Gasteiger partial charge in [-0.2, -0.15) is 0 Å². The third kappa shape index (κ3) is 3.85. The second-order valence-corrected chi connectivity index (χ2v) is 6.09. The number of rotatable bonds is 6. The molecule has 2 heteroatoms. The fraction of sp³-hybridized carbons (Fsp3) is 0.368. The van der Waals surface area contributed by atoms with E-state index in [0.29, 0.717) is 12.0 Å². The van der Waals surface area contributed by atoms with Gasteiger partial charge in [-0.3, -0.25) is 0 Å². The molecule has 2 aromatic carbocycles. The highest BCUT2D eigenvalue weighted by Gasteiger charge is 2.20. The van der Waals surface area contributed by atoms with Gasteiger partial charge in [-0.15, -0.1) is 0 Å². The molecule has 0 bridgehead atoms. The lowest BCUT2D eigenvalue weighted by Crippen LogP contribution is -2.15. The summed E-state index contributed by atoms with van der Waals surface area (Å²) < 4.78 is 6.11. The van der Waals surface area contributed by atoms with Crippen LogP contribution in [0.3, 0.4) is 0 Å². The zero-order valence-corrected chi connectivity index (χ0v) is 12.8. The van der Waals surface area contributed by atoms with E-state index in [9.17, 15) is 0 Å². The predicted octanol–water partition coefficient (Wildman–Crippen LogP) is 4.85. The Bertz CT molecular complexity index is 602. The molecule has 110 valence electrons. The van der Waals surface area contributed by atoms with E-state index in [1.807, 2.05) is 18.2 Å². The number of para-hydroxylation sites is 1. The second-order valence-electron chi connectivity index (χ2n) is 6.09. The number of nitrogens with one attached hydrogen (secondary N) is 1. The molecule has 2 nitrogen and oxygen atoms in total. The van der Waals surface area contributed by atoms with Gasteiger partial charge in [0.25, 0.3) is 0 Å². The van der Waals surface area contributed by atoms with Crippen LogP contribution in [0.25, 0.3) is 0 Å². The summed E-state index contributed by atoms with van der Waals surface area (Å²) in [6.07, 6.45) is 2.61. The fourth-order valence-corrected chi connectivity index (χ4v) is 2.36. The first-order valence-electron chi connectivity index (χ1n) is 7.81. The third-order valence-electron chi connectivity index (χ3n) is 3.88. The molecule has 3 rings (SSSR count). The predicted molar refractivity (Wildman–Crippen MR) is 86.9 cm³/mol. The average molecular weight is 281 g/mol. The summed E-state index contributed by atoms with van der Waals surface area (Å²) in [5, 5.41) is 3.55. The van der Waals surface area contributed by atoms with Crippen LogP contribution in [0.5, 0.6) is 11.5 Å². The summed E-state index contributed by atoms with van der Waals surface area (Å²) in [4.78, 5) is 0. The quantitative estimate of drug-likeness (QED) is 0.817. The molecule has 1 saturated carbocycles. The molecule has 1 fully saturated rings. The number of hydrogen-bond donors (Lipinski definition) is 1. The van der Waals surface area contributed by atoms with Gasteiger partial charge in [0.15, 0.2) is 0 Å². The van der Waals surface area contributed by atoms with Crippen molar-refractivity contribution in [3.8, 4) is 11.5 Å². The van der Waals surface area contributed by atoms with Gasteiger partial charge in [0, 0.05) is 18.2 Å². The highest BCUT2D eigenvalue weighted by molar-refractivity contribution is 5.39. The Morgan fingerprint density at radius 3 is 2.67 bits per heavy atom. The van der Waals surface area contributed by atoms with Gasteiger partial charge in [0.1, 0.15) is 11.5 Å². The Labute approximate surface area is 127 Å². The van der Waals surface area contributed by atoms with Crippen LogP contribution in [-0.2, 0) is 6.54 Å². The molecule has 0 heterocycles. The SMILES string of the molecule is CC(C)c1cccc(Oc2ccccc2CNC2CC2)c1. The molecule has 0 spiro atoms. The van der Waals surface area contributed by atoms with Gasteiger partial charge in [0.2, 0.25) is 0 Å². The molecular weight excluding hydrogens is 258 g/mol. The summed E-state index contributed by atoms with van der Waals surface area (Å²) >= 11 is 0. The van der Waals surface area contributed by atoms with E-state index in [1.165, 1.54) is 24.0 Å². The lowest BCUT2D eigenvalue weighted by Gasteiger charge is -2.13. The van der Waals surface area contributed by atoms with Crippen LogP contribution < -0.4 is 10.1 Å². The minimum atomic E-state index is 0.514. The Hall–Kier alpha value is -1.80. The minimum absolute atomic E-state index is 0.514. The Kier molecular flexibility index (Phi) is 4.26. The van der Waals surface area contributed by atoms with Gasteiger partial charge < -0.3 is 10.1 Å². The molecule has 0 radical (unpaired) electrons. The van der Waals surface area contributed by atoms with Gasteiger partial charge in [-0.1, -0.05) is 44.2 Å². The van der Waals surface area contributed by atoms with Crippen LogP contribution >= 0.6 is 0 Å². The number of benzene rings is 2. The van der Waals surface area contributed by atoms with Gasteiger partial charge in [0.05, 0.1) is 0 Å². The standard InChI is InChI=1S/C19H23NO/c1-14(2)15-7-5-8-18(12-15)21-19-9-4-3-6-16(19)13-20-17-10-11-17/h3-9,12,14,17,20H,10-11,13H2,1-2H3. The van der Waals surface area contributed by atoms with E-state index in [4.69, 9.17) is 4.74 Å². The molecular formula is C19H23NO. The molecule has 0 atom stereocenters. The van der Waals surface area contributed by atoms with Crippen molar-refractivity contribution in [2.24, 2.45) is 0 Å². The van der Waals surface area contributed by atoms with Crippen molar-refractivity contribution in [3.05, 3.63) is 59.7 Å². The maximum Gasteiger partial charge on any atom is 0.131 e. The van der Waals surface area contributed by atoms with Crippen molar-refractivity contribution < 1.29 is 4.74 Å². The van der Waals surface area contributed by atoms with E-state index < -0.39 is 0 Å². The lowest BCUT2D eigenvalue weighted by molar-refractivity contribution is 0.471. The zero-order valence-electron chi connectivity index (χ0n) is 12.8. The molecule has 0 saturated heterocycles. The maximum atomic E-state index is 6.11. The number of ether oxygens (including phenoxy) is 1. The number of hydrogen-bond acceptors (Lipinski definition) is 2. The average Bonchev–Trinajstić information content (AvgIpc) is 3.31. The largest absolute Gasteiger partial charge is 0.457 e. The molecule has 1 aliphatic rings.